The van der Waals surface area contributed by atoms with E-state index in [1.54, 1.807) is 27.8 Å². The van der Waals surface area contributed by atoms with E-state index in [9.17, 15) is 9.59 Å². The van der Waals surface area contributed by atoms with Crippen LogP contribution in [0.2, 0.25) is 0 Å². The number of amides is 2. The van der Waals surface area contributed by atoms with Crippen LogP contribution < -0.4 is 5.32 Å². The minimum absolute atomic E-state index is 0.374. The molecule has 0 aromatic rings. The van der Waals surface area contributed by atoms with Crippen LogP contribution in [0.1, 0.15) is 20.8 Å². The lowest BCUT2D eigenvalue weighted by Gasteiger charge is -2.24. The SMILES string of the molecule is CN(CCN[C]=O)C(=O)OC(C)(C)C. The van der Waals surface area contributed by atoms with Crippen LogP contribution in [0.4, 0.5) is 4.79 Å². The van der Waals surface area contributed by atoms with Gasteiger partial charge < -0.3 is 15.0 Å². The molecule has 81 valence electrons. The van der Waals surface area contributed by atoms with Gasteiger partial charge in [-0.05, 0) is 20.8 Å². The molecule has 5 heteroatoms. The van der Waals surface area contributed by atoms with Gasteiger partial charge in [0, 0.05) is 20.1 Å². The summed E-state index contributed by atoms with van der Waals surface area (Å²) in [4.78, 5) is 22.5. The zero-order valence-electron chi connectivity index (χ0n) is 9.09. The average Bonchev–Trinajstić information content (AvgIpc) is 2.01. The van der Waals surface area contributed by atoms with Crippen LogP contribution in [0.5, 0.6) is 0 Å². The largest absolute Gasteiger partial charge is 0.444 e. The Balaban J connectivity index is 3.82. The highest BCUT2D eigenvalue weighted by Gasteiger charge is 2.18. The Labute approximate surface area is 84.4 Å². The molecule has 2 amide bonds. The van der Waals surface area contributed by atoms with Gasteiger partial charge in [-0.1, -0.05) is 0 Å². The van der Waals surface area contributed by atoms with Gasteiger partial charge in [0.05, 0.1) is 0 Å². The summed E-state index contributed by atoms with van der Waals surface area (Å²) in [5.41, 5.74) is -0.491. The second kappa shape index (κ2) is 5.47. The van der Waals surface area contributed by atoms with E-state index in [4.69, 9.17) is 4.74 Å². The number of likely N-dealkylation sites (N-methyl/N-ethyl adjacent to an activating group) is 1. The van der Waals surface area contributed by atoms with Crippen molar-refractivity contribution in [3.05, 3.63) is 0 Å². The molecule has 0 aliphatic rings. The number of nitrogens with one attached hydrogen (secondary N) is 1. The van der Waals surface area contributed by atoms with Gasteiger partial charge in [-0.3, -0.25) is 4.79 Å². The average molecular weight is 201 g/mol. The van der Waals surface area contributed by atoms with Crippen molar-refractivity contribution in [2.75, 3.05) is 20.1 Å². The summed E-state index contributed by atoms with van der Waals surface area (Å²) in [6.45, 7) is 6.19. The molecule has 0 saturated heterocycles. The molecular weight excluding hydrogens is 184 g/mol. The third kappa shape index (κ3) is 6.28. The highest BCUT2D eigenvalue weighted by molar-refractivity contribution is 5.67. The van der Waals surface area contributed by atoms with Gasteiger partial charge in [0.25, 0.3) is 0 Å². The summed E-state index contributed by atoms with van der Waals surface area (Å²) >= 11 is 0. The first-order chi connectivity index (χ1) is 6.37. The lowest BCUT2D eigenvalue weighted by atomic mass is 10.2. The quantitative estimate of drug-likeness (QED) is 0.532. The molecule has 0 atom stereocenters. The van der Waals surface area contributed by atoms with Crippen LogP contribution in [-0.4, -0.2) is 43.1 Å². The van der Waals surface area contributed by atoms with Crippen LogP contribution in [-0.2, 0) is 9.53 Å². The Morgan fingerprint density at radius 3 is 2.50 bits per heavy atom. The number of hydrogen-bond acceptors (Lipinski definition) is 3. The lowest BCUT2D eigenvalue weighted by molar-refractivity contribution is 0.0302. The van der Waals surface area contributed by atoms with Gasteiger partial charge >= 0.3 is 12.5 Å². The second-order valence-corrected chi connectivity index (χ2v) is 3.93. The minimum Gasteiger partial charge on any atom is -0.444 e. The molecule has 0 fully saturated rings. The molecule has 0 spiro atoms. The smallest absolute Gasteiger partial charge is 0.410 e. The molecule has 0 rings (SSSR count). The highest BCUT2D eigenvalue weighted by Crippen LogP contribution is 2.08. The van der Waals surface area contributed by atoms with Gasteiger partial charge in [0.2, 0.25) is 0 Å². The Morgan fingerprint density at radius 1 is 1.50 bits per heavy atom. The van der Waals surface area contributed by atoms with E-state index < -0.39 is 11.7 Å². The van der Waals surface area contributed by atoms with Crippen molar-refractivity contribution in [1.82, 2.24) is 10.2 Å². The number of nitrogens with zero attached hydrogens (tertiary/aromatic N) is 1. The molecule has 1 radical (unpaired) electrons. The van der Waals surface area contributed by atoms with Crippen molar-refractivity contribution in [3.8, 4) is 0 Å². The first kappa shape index (κ1) is 12.7. The van der Waals surface area contributed by atoms with Crippen LogP contribution >= 0.6 is 0 Å². The van der Waals surface area contributed by atoms with E-state index >= 15 is 0 Å². The number of rotatable bonds is 4. The lowest BCUT2D eigenvalue weighted by Crippen LogP contribution is -2.37. The monoisotopic (exact) mass is 201 g/mol. The van der Waals surface area contributed by atoms with Crippen LogP contribution in [0.15, 0.2) is 0 Å². The van der Waals surface area contributed by atoms with E-state index in [2.05, 4.69) is 5.32 Å². The summed E-state index contributed by atoms with van der Waals surface area (Å²) in [6.07, 6.45) is 1.13. The third-order valence-corrected chi connectivity index (χ3v) is 1.35. The molecule has 14 heavy (non-hydrogen) atoms. The van der Waals surface area contributed by atoms with Gasteiger partial charge in [-0.15, -0.1) is 0 Å². The fourth-order valence-electron chi connectivity index (χ4n) is 0.706. The van der Waals surface area contributed by atoms with Gasteiger partial charge in [0.15, 0.2) is 0 Å². The molecule has 0 aromatic carbocycles. The summed E-state index contributed by atoms with van der Waals surface area (Å²) in [6, 6.07) is 0. The summed E-state index contributed by atoms with van der Waals surface area (Å²) < 4.78 is 5.09. The molecule has 5 nitrogen and oxygen atoms in total. The van der Waals surface area contributed by atoms with Crippen molar-refractivity contribution in [2.24, 2.45) is 0 Å². The predicted octanol–water partition coefficient (Wildman–Crippen LogP) is 0.510. The van der Waals surface area contributed by atoms with E-state index in [-0.39, 0.29) is 0 Å². The maximum Gasteiger partial charge on any atom is 0.410 e. The molecule has 0 bridgehead atoms. The standard InChI is InChI=1S/C9H17N2O3/c1-9(2,3)14-8(13)11(4)6-5-10-7-12/h5-6H2,1-4H3,(H,10,12). The normalized spacial score (nSPS) is 10.6. The maximum atomic E-state index is 11.3. The zero-order chi connectivity index (χ0) is 11.2. The van der Waals surface area contributed by atoms with Crippen molar-refractivity contribution in [2.45, 2.75) is 26.4 Å². The van der Waals surface area contributed by atoms with Crippen molar-refractivity contribution in [3.63, 3.8) is 0 Å². The second-order valence-electron chi connectivity index (χ2n) is 3.93. The third-order valence-electron chi connectivity index (χ3n) is 1.35. The summed E-state index contributed by atoms with van der Waals surface area (Å²) in [5.74, 6) is 0. The minimum atomic E-state index is -0.491. The van der Waals surface area contributed by atoms with Gasteiger partial charge in [-0.2, -0.15) is 0 Å². The van der Waals surface area contributed by atoms with Crippen molar-refractivity contribution < 1.29 is 14.3 Å². The number of carbonyl (C=O) groups excluding carboxylic acids is 2. The molecule has 0 aliphatic heterocycles. The van der Waals surface area contributed by atoms with E-state index in [0.717, 1.165) is 0 Å². The molecule has 0 heterocycles. The Bertz CT molecular complexity index is 199. The Kier molecular flexibility index (Phi) is 4.97. The molecular formula is C9H17N2O3. The first-order valence-electron chi connectivity index (χ1n) is 4.41. The van der Waals surface area contributed by atoms with Crippen LogP contribution in [0, 0.1) is 0 Å². The first-order valence-corrected chi connectivity index (χ1v) is 4.41. The topological polar surface area (TPSA) is 58.6 Å². The Morgan fingerprint density at radius 2 is 2.07 bits per heavy atom. The fraction of sp³-hybridized carbons (Fsp3) is 0.778. The summed E-state index contributed by atoms with van der Waals surface area (Å²) in [5, 5.41) is 2.34. The summed E-state index contributed by atoms with van der Waals surface area (Å²) in [7, 11) is 1.61. The Hall–Kier alpha value is -1.26. The molecule has 0 saturated carbocycles. The van der Waals surface area contributed by atoms with Crippen LogP contribution in [0.3, 0.4) is 0 Å². The zero-order valence-corrected chi connectivity index (χ0v) is 9.09. The van der Waals surface area contributed by atoms with E-state index in [0.29, 0.717) is 13.1 Å². The molecule has 0 unspecified atom stereocenters. The van der Waals surface area contributed by atoms with Crippen molar-refractivity contribution in [1.29, 1.82) is 0 Å². The van der Waals surface area contributed by atoms with Crippen LogP contribution in [0.25, 0.3) is 0 Å². The number of ether oxygens (including phenoxy) is 1. The van der Waals surface area contributed by atoms with E-state index in [1.165, 1.54) is 11.3 Å². The molecule has 0 aromatic heterocycles. The van der Waals surface area contributed by atoms with Crippen molar-refractivity contribution >= 4 is 12.5 Å². The maximum absolute atomic E-state index is 11.3. The number of hydrogen-bond donors (Lipinski definition) is 1. The van der Waals surface area contributed by atoms with Gasteiger partial charge in [-0.25, -0.2) is 4.79 Å². The predicted molar refractivity (Wildman–Crippen MR) is 52.6 cm³/mol. The molecule has 0 aliphatic carbocycles. The highest BCUT2D eigenvalue weighted by atomic mass is 16.6. The van der Waals surface area contributed by atoms with E-state index in [1.807, 2.05) is 0 Å². The number of carbonyl (C=O) groups is 1. The fourth-order valence-corrected chi connectivity index (χ4v) is 0.706. The van der Waals surface area contributed by atoms with Gasteiger partial charge in [0.1, 0.15) is 5.60 Å². The molecule has 1 N–H and O–H groups in total.